The van der Waals surface area contributed by atoms with Gasteiger partial charge in [-0.05, 0) is 41.9 Å². The number of para-hydroxylation sites is 1. The number of rotatable bonds is 4. The fraction of sp³-hybridized carbons (Fsp3) is 0.286. The van der Waals surface area contributed by atoms with E-state index in [-0.39, 0.29) is 0 Å². The van der Waals surface area contributed by atoms with E-state index in [9.17, 15) is 5.11 Å². The van der Waals surface area contributed by atoms with Gasteiger partial charge >= 0.3 is 0 Å². The Morgan fingerprint density at radius 1 is 1.39 bits per heavy atom. The molecule has 4 heteroatoms. The van der Waals surface area contributed by atoms with Gasteiger partial charge in [0.2, 0.25) is 0 Å². The van der Waals surface area contributed by atoms with E-state index in [1.807, 2.05) is 44.2 Å². The molecule has 1 atom stereocenters. The van der Waals surface area contributed by atoms with Crippen molar-refractivity contribution in [2.45, 2.75) is 20.0 Å². The second-order valence-corrected chi connectivity index (χ2v) is 6.08. The molecule has 0 spiro atoms. The molecule has 0 saturated carbocycles. The molecule has 0 aliphatic rings. The van der Waals surface area contributed by atoms with Crippen LogP contribution in [0.3, 0.4) is 0 Å². The van der Waals surface area contributed by atoms with Crippen molar-refractivity contribution in [2.24, 2.45) is 0 Å². The number of halogens is 1. The van der Waals surface area contributed by atoms with Crippen LogP contribution in [0.2, 0.25) is 0 Å². The van der Waals surface area contributed by atoms with Crippen LogP contribution in [0.5, 0.6) is 5.75 Å². The molecule has 0 aliphatic carbocycles. The van der Waals surface area contributed by atoms with Gasteiger partial charge in [0, 0.05) is 14.9 Å². The first-order valence-corrected chi connectivity index (χ1v) is 7.40. The van der Waals surface area contributed by atoms with Crippen molar-refractivity contribution in [2.75, 3.05) is 6.61 Å². The third kappa shape index (κ3) is 2.76. The molecule has 96 valence electrons. The van der Waals surface area contributed by atoms with Gasteiger partial charge in [0.15, 0.2) is 0 Å². The van der Waals surface area contributed by atoms with Crippen LogP contribution >= 0.6 is 27.3 Å². The lowest BCUT2D eigenvalue weighted by atomic mass is 10.1. The second-order valence-electron chi connectivity index (χ2n) is 3.94. The molecule has 0 saturated heterocycles. The molecule has 0 radical (unpaired) electrons. The lowest BCUT2D eigenvalue weighted by Crippen LogP contribution is -2.02. The minimum Gasteiger partial charge on any atom is -0.493 e. The van der Waals surface area contributed by atoms with Gasteiger partial charge in [-0.2, -0.15) is 0 Å². The summed E-state index contributed by atoms with van der Waals surface area (Å²) in [6.07, 6.45) is -0.652. The fourth-order valence-electron chi connectivity index (χ4n) is 1.82. The van der Waals surface area contributed by atoms with Crippen LogP contribution in [0.15, 0.2) is 34.8 Å². The Morgan fingerprint density at radius 2 is 2.11 bits per heavy atom. The van der Waals surface area contributed by atoms with Crippen LogP contribution in [0.4, 0.5) is 0 Å². The van der Waals surface area contributed by atoms with Crippen molar-refractivity contribution < 1.29 is 9.84 Å². The Kier molecular flexibility index (Phi) is 4.43. The van der Waals surface area contributed by atoms with Gasteiger partial charge in [-0.15, -0.1) is 11.3 Å². The van der Waals surface area contributed by atoms with Crippen molar-refractivity contribution >= 4 is 27.3 Å². The molecule has 2 aromatic rings. The molecule has 1 N–H and O–H groups in total. The van der Waals surface area contributed by atoms with E-state index in [1.54, 1.807) is 11.3 Å². The highest BCUT2D eigenvalue weighted by molar-refractivity contribution is 9.10. The van der Waals surface area contributed by atoms with Crippen molar-refractivity contribution in [3.05, 3.63) is 50.1 Å². The molecule has 1 aromatic carbocycles. The maximum absolute atomic E-state index is 10.5. The van der Waals surface area contributed by atoms with E-state index in [4.69, 9.17) is 4.74 Å². The van der Waals surface area contributed by atoms with Crippen molar-refractivity contribution in [1.29, 1.82) is 0 Å². The summed E-state index contributed by atoms with van der Waals surface area (Å²) in [6.45, 7) is 4.56. The van der Waals surface area contributed by atoms with Gasteiger partial charge in [-0.3, -0.25) is 0 Å². The van der Waals surface area contributed by atoms with Crippen LogP contribution in [0.25, 0.3) is 0 Å². The molecule has 0 amide bonds. The largest absolute Gasteiger partial charge is 0.493 e. The lowest BCUT2D eigenvalue weighted by Gasteiger charge is -2.15. The van der Waals surface area contributed by atoms with Crippen molar-refractivity contribution in [3.8, 4) is 5.75 Å². The molecule has 1 aromatic heterocycles. The van der Waals surface area contributed by atoms with Gasteiger partial charge in [-0.25, -0.2) is 0 Å². The zero-order chi connectivity index (χ0) is 13.1. The predicted octanol–water partition coefficient (Wildman–Crippen LogP) is 4.30. The van der Waals surface area contributed by atoms with Gasteiger partial charge in [-0.1, -0.05) is 18.2 Å². The minimum atomic E-state index is -0.652. The van der Waals surface area contributed by atoms with Crippen molar-refractivity contribution in [1.82, 2.24) is 0 Å². The molecule has 1 unspecified atom stereocenters. The first kappa shape index (κ1) is 13.6. The molecular formula is C14H15BrO2S. The molecular weight excluding hydrogens is 312 g/mol. The molecule has 0 bridgehead atoms. The predicted molar refractivity (Wildman–Crippen MR) is 78.4 cm³/mol. The average molecular weight is 327 g/mol. The normalized spacial score (nSPS) is 12.4. The van der Waals surface area contributed by atoms with E-state index in [2.05, 4.69) is 15.9 Å². The van der Waals surface area contributed by atoms with E-state index >= 15 is 0 Å². The van der Waals surface area contributed by atoms with E-state index in [0.717, 1.165) is 20.7 Å². The Morgan fingerprint density at radius 3 is 2.72 bits per heavy atom. The third-order valence-electron chi connectivity index (χ3n) is 2.60. The summed E-state index contributed by atoms with van der Waals surface area (Å²) in [7, 11) is 0. The first-order valence-electron chi connectivity index (χ1n) is 5.79. The average Bonchev–Trinajstić information content (AvgIpc) is 2.69. The molecule has 0 aliphatic heterocycles. The summed E-state index contributed by atoms with van der Waals surface area (Å²) < 4.78 is 6.50. The van der Waals surface area contributed by atoms with E-state index in [0.29, 0.717) is 6.61 Å². The number of hydrogen-bond donors (Lipinski definition) is 1. The highest BCUT2D eigenvalue weighted by Gasteiger charge is 2.19. The van der Waals surface area contributed by atoms with Crippen LogP contribution in [0, 0.1) is 6.92 Å². The number of benzene rings is 1. The summed E-state index contributed by atoms with van der Waals surface area (Å²) in [5.74, 6) is 0.741. The monoisotopic (exact) mass is 326 g/mol. The lowest BCUT2D eigenvalue weighted by molar-refractivity contribution is 0.215. The summed E-state index contributed by atoms with van der Waals surface area (Å²) in [5.41, 5.74) is 0.807. The number of thiophene rings is 1. The summed E-state index contributed by atoms with van der Waals surface area (Å²) >= 11 is 5.08. The molecule has 2 rings (SSSR count). The highest BCUT2D eigenvalue weighted by Crippen LogP contribution is 2.38. The number of hydrogen-bond acceptors (Lipinski definition) is 3. The van der Waals surface area contributed by atoms with E-state index < -0.39 is 6.10 Å². The van der Waals surface area contributed by atoms with Gasteiger partial charge in [0.1, 0.15) is 11.9 Å². The van der Waals surface area contributed by atoms with Crippen LogP contribution in [-0.4, -0.2) is 11.7 Å². The first-order chi connectivity index (χ1) is 8.63. The molecule has 1 heterocycles. The maximum atomic E-state index is 10.5. The van der Waals surface area contributed by atoms with Crippen LogP contribution in [-0.2, 0) is 0 Å². The zero-order valence-electron chi connectivity index (χ0n) is 10.3. The number of aliphatic hydroxyl groups excluding tert-OH is 1. The van der Waals surface area contributed by atoms with Gasteiger partial charge in [0.25, 0.3) is 0 Å². The quantitative estimate of drug-likeness (QED) is 0.907. The number of ether oxygens (including phenoxy) is 1. The summed E-state index contributed by atoms with van der Waals surface area (Å²) in [5, 5.41) is 10.5. The Hall–Kier alpha value is -0.840. The van der Waals surface area contributed by atoms with E-state index in [1.165, 1.54) is 4.88 Å². The van der Waals surface area contributed by atoms with Gasteiger partial charge in [0.05, 0.1) is 11.5 Å². The standard InChI is InChI=1S/C14H15BrO2S/c1-3-17-12-7-5-4-6-10(12)13(16)14-11(15)8-9(2)18-14/h4-8,13,16H,3H2,1-2H3. The van der Waals surface area contributed by atoms with Crippen LogP contribution in [0.1, 0.15) is 28.3 Å². The highest BCUT2D eigenvalue weighted by atomic mass is 79.9. The smallest absolute Gasteiger partial charge is 0.125 e. The Labute approximate surface area is 119 Å². The SMILES string of the molecule is CCOc1ccccc1C(O)c1sc(C)cc1Br. The van der Waals surface area contributed by atoms with Crippen LogP contribution < -0.4 is 4.74 Å². The topological polar surface area (TPSA) is 29.5 Å². The minimum absolute atomic E-state index is 0.592. The fourth-order valence-corrected chi connectivity index (χ4v) is 3.70. The summed E-state index contributed by atoms with van der Waals surface area (Å²) in [4.78, 5) is 2.09. The third-order valence-corrected chi connectivity index (χ3v) is 4.62. The molecule has 18 heavy (non-hydrogen) atoms. The second kappa shape index (κ2) is 5.87. The molecule has 2 nitrogen and oxygen atoms in total. The molecule has 0 fully saturated rings. The van der Waals surface area contributed by atoms with Crippen molar-refractivity contribution in [3.63, 3.8) is 0 Å². The Balaban J connectivity index is 2.39. The van der Waals surface area contributed by atoms with Gasteiger partial charge < -0.3 is 9.84 Å². The summed E-state index contributed by atoms with van der Waals surface area (Å²) in [6, 6.07) is 9.63. The number of aryl methyl sites for hydroxylation is 1. The number of aliphatic hydroxyl groups is 1. The Bertz CT molecular complexity index is 536. The maximum Gasteiger partial charge on any atom is 0.125 e. The zero-order valence-corrected chi connectivity index (χ0v) is 12.7.